The van der Waals surface area contributed by atoms with Crippen molar-refractivity contribution in [2.24, 2.45) is 0 Å². The van der Waals surface area contributed by atoms with Crippen LogP contribution in [0.25, 0.3) is 5.69 Å². The number of nitrogens with zero attached hydrogens (tertiary/aromatic N) is 3. The second kappa shape index (κ2) is 6.00. The number of hydrogen-bond acceptors (Lipinski definition) is 3. The van der Waals surface area contributed by atoms with E-state index in [1.165, 1.54) is 30.5 Å². The first-order chi connectivity index (χ1) is 11.1. The molecule has 2 aliphatic rings. The predicted molar refractivity (Wildman–Crippen MR) is 95.0 cm³/mol. The molecule has 0 spiro atoms. The van der Waals surface area contributed by atoms with Crippen molar-refractivity contribution in [1.82, 2.24) is 14.7 Å². The summed E-state index contributed by atoms with van der Waals surface area (Å²) >= 11 is 12.6. The Morgan fingerprint density at radius 1 is 1.26 bits per heavy atom. The van der Waals surface area contributed by atoms with Crippen LogP contribution >= 0.6 is 23.2 Å². The molecule has 1 fully saturated rings. The van der Waals surface area contributed by atoms with E-state index in [-0.39, 0.29) is 0 Å². The van der Waals surface area contributed by atoms with Crippen LogP contribution in [0.15, 0.2) is 18.2 Å². The second-order valence-electron chi connectivity index (χ2n) is 6.39. The first kappa shape index (κ1) is 15.3. The molecule has 0 amide bonds. The number of likely N-dealkylation sites (tertiary alicyclic amines) is 1. The molecule has 6 heteroatoms. The smallest absolute Gasteiger partial charge is 0.133 e. The summed E-state index contributed by atoms with van der Waals surface area (Å²) in [6.07, 6.45) is 4.73. The topological polar surface area (TPSA) is 33.1 Å². The fourth-order valence-corrected chi connectivity index (χ4v) is 4.08. The van der Waals surface area contributed by atoms with Crippen LogP contribution in [0.2, 0.25) is 10.0 Å². The minimum absolute atomic E-state index is 0.400. The lowest BCUT2D eigenvalue weighted by atomic mass is 9.97. The average Bonchev–Trinajstić information content (AvgIpc) is 3.13. The molecule has 122 valence electrons. The number of fused-ring (bicyclic) bond motifs is 1. The van der Waals surface area contributed by atoms with Crippen LogP contribution in [-0.4, -0.2) is 34.8 Å². The first-order valence-corrected chi connectivity index (χ1v) is 8.92. The molecule has 1 saturated heterocycles. The molecular formula is C17H20Cl2N4. The van der Waals surface area contributed by atoms with Gasteiger partial charge in [0.2, 0.25) is 0 Å². The molecule has 1 N–H and O–H groups in total. The van der Waals surface area contributed by atoms with E-state index in [1.54, 1.807) is 6.07 Å². The van der Waals surface area contributed by atoms with Gasteiger partial charge < -0.3 is 5.32 Å². The van der Waals surface area contributed by atoms with Gasteiger partial charge in [-0.1, -0.05) is 29.6 Å². The molecule has 0 bridgehead atoms. The van der Waals surface area contributed by atoms with Crippen LogP contribution in [0.1, 0.15) is 36.6 Å². The number of piperidine rings is 1. The monoisotopic (exact) mass is 350 g/mol. The van der Waals surface area contributed by atoms with Crippen molar-refractivity contribution in [3.63, 3.8) is 0 Å². The Balaban J connectivity index is 1.83. The summed E-state index contributed by atoms with van der Waals surface area (Å²) in [5.41, 5.74) is 3.37. The Labute approximate surface area is 146 Å². The van der Waals surface area contributed by atoms with Crippen LogP contribution in [0.3, 0.4) is 0 Å². The molecule has 1 unspecified atom stereocenters. The molecule has 4 rings (SSSR count). The van der Waals surface area contributed by atoms with Crippen molar-refractivity contribution in [3.8, 4) is 5.69 Å². The largest absolute Gasteiger partial charge is 0.369 e. The molecule has 0 aliphatic carbocycles. The lowest BCUT2D eigenvalue weighted by Gasteiger charge is -2.31. The molecular weight excluding hydrogens is 331 g/mol. The normalized spacial score (nSPS) is 21.3. The van der Waals surface area contributed by atoms with Crippen LogP contribution in [0, 0.1) is 0 Å². The zero-order chi connectivity index (χ0) is 16.0. The molecule has 1 aromatic heterocycles. The number of nitrogens with one attached hydrogen (secondary N) is 1. The van der Waals surface area contributed by atoms with Gasteiger partial charge in [-0.3, -0.25) is 4.90 Å². The number of aromatic nitrogens is 2. The number of rotatable bonds is 2. The number of anilines is 1. The summed E-state index contributed by atoms with van der Waals surface area (Å²) in [5.74, 6) is 1.07. The van der Waals surface area contributed by atoms with E-state index in [2.05, 4.69) is 17.3 Å². The van der Waals surface area contributed by atoms with Gasteiger partial charge in [0.05, 0.1) is 22.4 Å². The number of halogens is 2. The Morgan fingerprint density at radius 2 is 2.13 bits per heavy atom. The Morgan fingerprint density at radius 3 is 2.96 bits per heavy atom. The summed E-state index contributed by atoms with van der Waals surface area (Å²) < 4.78 is 1.94. The Bertz CT molecular complexity index is 740. The van der Waals surface area contributed by atoms with Crippen LogP contribution in [0.4, 0.5) is 5.82 Å². The van der Waals surface area contributed by atoms with Gasteiger partial charge in [0.25, 0.3) is 0 Å². The van der Waals surface area contributed by atoms with Crippen LogP contribution in [0.5, 0.6) is 0 Å². The van der Waals surface area contributed by atoms with Gasteiger partial charge in [0.1, 0.15) is 5.82 Å². The molecule has 2 aromatic rings. The van der Waals surface area contributed by atoms with E-state index in [0.29, 0.717) is 16.1 Å². The second-order valence-corrected chi connectivity index (χ2v) is 7.23. The highest BCUT2D eigenvalue weighted by atomic mass is 35.5. The quantitative estimate of drug-likeness (QED) is 0.876. The molecule has 0 saturated carbocycles. The summed E-state index contributed by atoms with van der Waals surface area (Å²) in [4.78, 5) is 2.42. The number of hydrogen-bond donors (Lipinski definition) is 1. The molecule has 1 aromatic carbocycles. The Hall–Kier alpha value is -1.23. The van der Waals surface area contributed by atoms with E-state index >= 15 is 0 Å². The van der Waals surface area contributed by atoms with Gasteiger partial charge in [-0.25, -0.2) is 4.68 Å². The summed E-state index contributed by atoms with van der Waals surface area (Å²) in [7, 11) is 2.20. The van der Waals surface area contributed by atoms with Crippen molar-refractivity contribution in [2.45, 2.75) is 31.7 Å². The summed E-state index contributed by atoms with van der Waals surface area (Å²) in [6.45, 7) is 2.09. The van der Waals surface area contributed by atoms with Crippen molar-refractivity contribution in [1.29, 1.82) is 0 Å². The highest BCUT2D eigenvalue weighted by molar-refractivity contribution is 6.34. The predicted octanol–water partition coefficient (Wildman–Crippen LogP) is 4.30. The highest BCUT2D eigenvalue weighted by Gasteiger charge is 2.31. The lowest BCUT2D eigenvalue weighted by Crippen LogP contribution is -2.30. The zero-order valence-electron chi connectivity index (χ0n) is 13.1. The van der Waals surface area contributed by atoms with E-state index in [9.17, 15) is 0 Å². The maximum atomic E-state index is 6.40. The number of benzene rings is 1. The summed E-state index contributed by atoms with van der Waals surface area (Å²) in [6, 6.07) is 5.91. The minimum Gasteiger partial charge on any atom is -0.369 e. The van der Waals surface area contributed by atoms with Crippen molar-refractivity contribution in [2.75, 3.05) is 25.5 Å². The van der Waals surface area contributed by atoms with E-state index in [4.69, 9.17) is 28.3 Å². The first-order valence-electron chi connectivity index (χ1n) is 8.16. The fourth-order valence-electron chi connectivity index (χ4n) is 3.71. The summed E-state index contributed by atoms with van der Waals surface area (Å²) in [5, 5.41) is 9.75. The van der Waals surface area contributed by atoms with Gasteiger partial charge >= 0.3 is 0 Å². The third-order valence-corrected chi connectivity index (χ3v) is 5.46. The third-order valence-electron chi connectivity index (χ3n) is 4.90. The van der Waals surface area contributed by atoms with Crippen molar-refractivity contribution >= 4 is 29.0 Å². The van der Waals surface area contributed by atoms with E-state index in [0.717, 1.165) is 31.0 Å². The van der Waals surface area contributed by atoms with Gasteiger partial charge in [-0.15, -0.1) is 0 Å². The molecule has 0 radical (unpaired) electrons. The Kier molecular flexibility index (Phi) is 4.00. The van der Waals surface area contributed by atoms with Gasteiger partial charge in [-0.05, 0) is 51.1 Å². The maximum absolute atomic E-state index is 6.40. The SMILES string of the molecule is CN1CCCCC1c1nn(-c2cc(Cl)ccc2Cl)c2c1CCN2. The zero-order valence-corrected chi connectivity index (χ0v) is 14.7. The van der Waals surface area contributed by atoms with Crippen LogP contribution < -0.4 is 5.32 Å². The molecule has 1 atom stereocenters. The van der Waals surface area contributed by atoms with Crippen molar-refractivity contribution < 1.29 is 0 Å². The van der Waals surface area contributed by atoms with E-state index < -0.39 is 0 Å². The van der Waals surface area contributed by atoms with E-state index in [1.807, 2.05) is 16.8 Å². The van der Waals surface area contributed by atoms with Crippen molar-refractivity contribution in [3.05, 3.63) is 39.5 Å². The average molecular weight is 351 g/mol. The van der Waals surface area contributed by atoms with Crippen LogP contribution in [-0.2, 0) is 6.42 Å². The standard InChI is InChI=1S/C17H20Cl2N4/c1-22-9-3-2-4-14(22)16-12-7-8-20-17(12)23(21-16)15-10-11(18)5-6-13(15)19/h5-6,10,14,20H,2-4,7-9H2,1H3. The van der Waals surface area contributed by atoms with Gasteiger partial charge in [-0.2, -0.15) is 5.10 Å². The molecule has 23 heavy (non-hydrogen) atoms. The molecule has 3 heterocycles. The van der Waals surface area contributed by atoms with Gasteiger partial charge in [0.15, 0.2) is 0 Å². The highest BCUT2D eigenvalue weighted by Crippen LogP contribution is 2.38. The lowest BCUT2D eigenvalue weighted by molar-refractivity contribution is 0.182. The maximum Gasteiger partial charge on any atom is 0.133 e. The third kappa shape index (κ3) is 2.63. The van der Waals surface area contributed by atoms with Gasteiger partial charge in [0, 0.05) is 17.1 Å². The minimum atomic E-state index is 0.400. The molecule has 2 aliphatic heterocycles. The molecule has 4 nitrogen and oxygen atoms in total. The fraction of sp³-hybridized carbons (Fsp3) is 0.471.